The Labute approximate surface area is 129 Å². The lowest BCUT2D eigenvalue weighted by Gasteiger charge is -2.19. The Morgan fingerprint density at radius 2 is 2.00 bits per heavy atom. The minimum absolute atomic E-state index is 0.0668. The molecule has 1 rings (SSSR count). The number of amides is 2. The zero-order chi connectivity index (χ0) is 16.6. The van der Waals surface area contributed by atoms with Crippen LogP contribution >= 0.6 is 0 Å². The average molecular weight is 307 g/mol. The second kappa shape index (κ2) is 8.02. The highest BCUT2D eigenvalue weighted by atomic mass is 16.6. The number of carbonyl (C=O) groups is 2. The van der Waals surface area contributed by atoms with Crippen molar-refractivity contribution < 1.29 is 19.4 Å². The summed E-state index contributed by atoms with van der Waals surface area (Å²) in [4.78, 5) is 22.9. The van der Waals surface area contributed by atoms with Gasteiger partial charge in [-0.15, -0.1) is 0 Å². The molecule has 7 nitrogen and oxygen atoms in total. The molecule has 0 saturated heterocycles. The van der Waals surface area contributed by atoms with Crippen LogP contribution in [0.2, 0.25) is 0 Å². The molecular formula is C15H21N3O4. The van der Waals surface area contributed by atoms with Gasteiger partial charge in [0.05, 0.1) is 6.21 Å². The summed E-state index contributed by atoms with van der Waals surface area (Å²) in [6, 6.07) is 6.62. The van der Waals surface area contributed by atoms with Crippen molar-refractivity contribution in [1.29, 1.82) is 0 Å². The first-order chi connectivity index (χ1) is 10.3. The molecule has 0 saturated carbocycles. The van der Waals surface area contributed by atoms with E-state index in [1.807, 2.05) is 0 Å². The van der Waals surface area contributed by atoms with Crippen LogP contribution in [0.1, 0.15) is 32.8 Å². The van der Waals surface area contributed by atoms with E-state index in [1.54, 1.807) is 39.0 Å². The minimum Gasteiger partial charge on any atom is -0.507 e. The van der Waals surface area contributed by atoms with Crippen LogP contribution in [0.25, 0.3) is 0 Å². The van der Waals surface area contributed by atoms with E-state index in [1.165, 1.54) is 12.3 Å². The van der Waals surface area contributed by atoms with Gasteiger partial charge >= 0.3 is 6.09 Å². The number of rotatable bonds is 5. The van der Waals surface area contributed by atoms with Crippen molar-refractivity contribution in [2.24, 2.45) is 5.10 Å². The van der Waals surface area contributed by atoms with Gasteiger partial charge in [-0.3, -0.25) is 4.79 Å². The van der Waals surface area contributed by atoms with E-state index in [0.717, 1.165) is 0 Å². The van der Waals surface area contributed by atoms with Crippen LogP contribution in [0.3, 0.4) is 0 Å². The number of nitrogens with zero attached hydrogens (tertiary/aromatic N) is 1. The number of carbonyl (C=O) groups excluding carboxylic acids is 2. The monoisotopic (exact) mass is 307 g/mol. The van der Waals surface area contributed by atoms with Gasteiger partial charge in [-0.2, -0.15) is 5.10 Å². The Balaban J connectivity index is 2.27. The Kier molecular flexibility index (Phi) is 6.37. The van der Waals surface area contributed by atoms with E-state index >= 15 is 0 Å². The molecule has 0 aliphatic carbocycles. The first-order valence-electron chi connectivity index (χ1n) is 6.85. The van der Waals surface area contributed by atoms with Crippen LogP contribution in [0, 0.1) is 0 Å². The van der Waals surface area contributed by atoms with Gasteiger partial charge in [0.15, 0.2) is 0 Å². The maximum absolute atomic E-state index is 11.5. The number of nitrogens with one attached hydrogen (secondary N) is 2. The molecule has 0 heterocycles. The number of phenols is 1. The molecule has 0 aromatic heterocycles. The van der Waals surface area contributed by atoms with Crippen molar-refractivity contribution in [1.82, 2.24) is 10.7 Å². The van der Waals surface area contributed by atoms with Crippen LogP contribution in [-0.2, 0) is 9.53 Å². The lowest BCUT2D eigenvalue weighted by Crippen LogP contribution is -2.34. The number of alkyl carbamates (subject to hydrolysis) is 1. The number of ether oxygens (including phenoxy) is 1. The molecule has 0 aliphatic heterocycles. The number of hydrazone groups is 1. The van der Waals surface area contributed by atoms with Crippen LogP contribution in [0.5, 0.6) is 5.75 Å². The van der Waals surface area contributed by atoms with Gasteiger partial charge in [0.1, 0.15) is 11.4 Å². The fraction of sp³-hybridized carbons (Fsp3) is 0.400. The third-order valence-electron chi connectivity index (χ3n) is 2.35. The van der Waals surface area contributed by atoms with E-state index in [0.29, 0.717) is 5.56 Å². The van der Waals surface area contributed by atoms with Crippen LogP contribution in [0.15, 0.2) is 29.4 Å². The van der Waals surface area contributed by atoms with Gasteiger partial charge in [0.25, 0.3) is 0 Å². The molecule has 120 valence electrons. The number of para-hydroxylation sites is 1. The van der Waals surface area contributed by atoms with Gasteiger partial charge in [-0.25, -0.2) is 10.2 Å². The molecule has 2 amide bonds. The molecule has 0 radical (unpaired) electrons. The summed E-state index contributed by atoms with van der Waals surface area (Å²) in [5.41, 5.74) is 2.23. The molecule has 3 N–H and O–H groups in total. The normalized spacial score (nSPS) is 11.2. The van der Waals surface area contributed by atoms with Crippen molar-refractivity contribution >= 4 is 18.2 Å². The van der Waals surface area contributed by atoms with E-state index in [2.05, 4.69) is 15.8 Å². The third-order valence-corrected chi connectivity index (χ3v) is 2.35. The molecule has 7 heteroatoms. The quantitative estimate of drug-likeness (QED) is 0.570. The summed E-state index contributed by atoms with van der Waals surface area (Å²) in [6.45, 7) is 5.42. The second-order valence-corrected chi connectivity index (χ2v) is 5.53. The fourth-order valence-corrected chi connectivity index (χ4v) is 1.42. The minimum atomic E-state index is -0.575. The van der Waals surface area contributed by atoms with Gasteiger partial charge in [-0.1, -0.05) is 12.1 Å². The van der Waals surface area contributed by atoms with Crippen molar-refractivity contribution in [3.05, 3.63) is 29.8 Å². The van der Waals surface area contributed by atoms with Crippen molar-refractivity contribution in [2.45, 2.75) is 32.8 Å². The summed E-state index contributed by atoms with van der Waals surface area (Å²) in [5.74, 6) is -0.283. The molecule has 1 aromatic rings. The van der Waals surface area contributed by atoms with E-state index in [4.69, 9.17) is 4.74 Å². The number of aromatic hydroxyl groups is 1. The predicted molar refractivity (Wildman–Crippen MR) is 82.7 cm³/mol. The van der Waals surface area contributed by atoms with Crippen molar-refractivity contribution in [3.8, 4) is 5.75 Å². The lowest BCUT2D eigenvalue weighted by molar-refractivity contribution is -0.120. The SMILES string of the molecule is CC(C)(C)OC(=O)NCCC(=O)N/N=C/c1ccccc1O. The molecule has 0 spiro atoms. The third kappa shape index (κ3) is 7.28. The Morgan fingerprint density at radius 1 is 1.32 bits per heavy atom. The molecule has 0 unspecified atom stereocenters. The number of hydrogen-bond donors (Lipinski definition) is 3. The standard InChI is InChI=1S/C15H21N3O4/c1-15(2,3)22-14(21)16-9-8-13(20)18-17-10-11-6-4-5-7-12(11)19/h4-7,10,19H,8-9H2,1-3H3,(H,16,21)(H,18,20)/b17-10+. The first kappa shape index (κ1) is 17.5. The van der Waals surface area contributed by atoms with E-state index in [-0.39, 0.29) is 24.6 Å². The molecule has 0 aliphatic rings. The highest BCUT2D eigenvalue weighted by molar-refractivity contribution is 5.85. The Hall–Kier alpha value is -2.57. The number of phenolic OH excluding ortho intramolecular Hbond substituents is 1. The van der Waals surface area contributed by atoms with Crippen molar-refractivity contribution in [2.75, 3.05) is 6.54 Å². The summed E-state index contributed by atoms with van der Waals surface area (Å²) >= 11 is 0. The lowest BCUT2D eigenvalue weighted by atomic mass is 10.2. The van der Waals surface area contributed by atoms with Gasteiger partial charge < -0.3 is 15.2 Å². The summed E-state index contributed by atoms with van der Waals surface area (Å²) in [7, 11) is 0. The van der Waals surface area contributed by atoms with Gasteiger partial charge in [0, 0.05) is 18.5 Å². The van der Waals surface area contributed by atoms with Crippen molar-refractivity contribution in [3.63, 3.8) is 0 Å². The molecule has 0 fully saturated rings. The first-order valence-corrected chi connectivity index (χ1v) is 6.85. The zero-order valence-corrected chi connectivity index (χ0v) is 12.9. The molecule has 1 aromatic carbocycles. The van der Waals surface area contributed by atoms with Gasteiger partial charge in [-0.05, 0) is 32.9 Å². The van der Waals surface area contributed by atoms with Crippen LogP contribution < -0.4 is 10.7 Å². The Bertz CT molecular complexity index is 550. The molecule has 0 atom stereocenters. The van der Waals surface area contributed by atoms with Crippen LogP contribution in [-0.4, -0.2) is 35.5 Å². The smallest absolute Gasteiger partial charge is 0.407 e. The fourth-order valence-electron chi connectivity index (χ4n) is 1.42. The number of hydrogen-bond acceptors (Lipinski definition) is 5. The maximum atomic E-state index is 11.5. The number of benzene rings is 1. The van der Waals surface area contributed by atoms with E-state index < -0.39 is 11.7 Å². The molecule has 22 heavy (non-hydrogen) atoms. The second-order valence-electron chi connectivity index (χ2n) is 5.53. The summed E-state index contributed by atoms with van der Waals surface area (Å²) < 4.78 is 5.03. The average Bonchev–Trinajstić information content (AvgIpc) is 2.39. The van der Waals surface area contributed by atoms with Gasteiger partial charge in [0.2, 0.25) is 5.91 Å². The zero-order valence-electron chi connectivity index (χ0n) is 12.9. The Morgan fingerprint density at radius 3 is 2.64 bits per heavy atom. The van der Waals surface area contributed by atoms with Crippen LogP contribution in [0.4, 0.5) is 4.79 Å². The van der Waals surface area contributed by atoms with E-state index in [9.17, 15) is 14.7 Å². The molecular weight excluding hydrogens is 286 g/mol. The topological polar surface area (TPSA) is 100 Å². The molecule has 0 bridgehead atoms. The summed E-state index contributed by atoms with van der Waals surface area (Å²) in [6.07, 6.45) is 0.837. The highest BCUT2D eigenvalue weighted by Crippen LogP contribution is 2.12. The summed E-state index contributed by atoms with van der Waals surface area (Å²) in [5, 5.41) is 15.7. The maximum Gasteiger partial charge on any atom is 0.407 e. The largest absolute Gasteiger partial charge is 0.507 e. The predicted octanol–water partition coefficient (Wildman–Crippen LogP) is 1.76. The highest BCUT2D eigenvalue weighted by Gasteiger charge is 2.15.